The number of nitrogens with one attached hydrogen (secondary N) is 1. The van der Waals surface area contributed by atoms with Crippen LogP contribution in [0.25, 0.3) is 0 Å². The Morgan fingerprint density at radius 1 is 1.07 bits per heavy atom. The second kappa shape index (κ2) is 9.70. The van der Waals surface area contributed by atoms with Gasteiger partial charge < -0.3 is 19.5 Å². The topological polar surface area (TPSA) is 90.9 Å². The second-order valence-electron chi connectivity index (χ2n) is 5.54. The number of hydrogen-bond acceptors (Lipinski definition) is 6. The van der Waals surface area contributed by atoms with Crippen LogP contribution in [-0.4, -0.2) is 38.0 Å². The van der Waals surface area contributed by atoms with Gasteiger partial charge in [-0.3, -0.25) is 9.59 Å². The van der Waals surface area contributed by atoms with Gasteiger partial charge in [0.15, 0.2) is 30.5 Å². The number of ether oxygens (including phenoxy) is 3. The number of methoxy groups -OCH3 is 1. The Bertz CT molecular complexity index is 902. The molecule has 0 aliphatic carbocycles. The smallest absolute Gasteiger partial charge is 0.344 e. The fraction of sp³-hybridized carbons (Fsp3) is 0.211. The van der Waals surface area contributed by atoms with E-state index in [4.69, 9.17) is 25.8 Å². The Morgan fingerprint density at radius 3 is 2.50 bits per heavy atom. The van der Waals surface area contributed by atoms with Crippen LogP contribution in [0.5, 0.6) is 11.5 Å². The summed E-state index contributed by atoms with van der Waals surface area (Å²) < 4.78 is 28.7. The van der Waals surface area contributed by atoms with Crippen LogP contribution < -0.4 is 14.8 Å². The third-order valence-corrected chi connectivity index (χ3v) is 3.72. The SMILES string of the molecule is COc1cc(C(C)=O)ccc1OCC(=O)OCC(=O)Nc1cc(Cl)ccc1F. The minimum Gasteiger partial charge on any atom is -0.493 e. The minimum atomic E-state index is -0.820. The molecule has 28 heavy (non-hydrogen) atoms. The standard InChI is InChI=1S/C19H17ClFNO6/c1-11(23)12-3-6-16(17(7-12)26-2)27-10-19(25)28-9-18(24)22-15-8-13(20)4-5-14(15)21/h3-8H,9-10H2,1-2H3,(H,22,24). The van der Waals surface area contributed by atoms with Crippen molar-refractivity contribution in [3.8, 4) is 11.5 Å². The number of amides is 1. The summed E-state index contributed by atoms with van der Waals surface area (Å²) in [5, 5.41) is 2.49. The van der Waals surface area contributed by atoms with Gasteiger partial charge in [-0.25, -0.2) is 9.18 Å². The Morgan fingerprint density at radius 2 is 1.82 bits per heavy atom. The van der Waals surface area contributed by atoms with Gasteiger partial charge in [0.1, 0.15) is 5.82 Å². The van der Waals surface area contributed by atoms with E-state index >= 15 is 0 Å². The molecule has 0 saturated carbocycles. The van der Waals surface area contributed by atoms with Crippen molar-refractivity contribution in [3.05, 3.63) is 52.8 Å². The molecule has 0 aromatic heterocycles. The van der Waals surface area contributed by atoms with Gasteiger partial charge in [0.2, 0.25) is 0 Å². The van der Waals surface area contributed by atoms with Crippen LogP contribution in [0, 0.1) is 5.82 Å². The predicted octanol–water partition coefficient (Wildman–Crippen LogP) is 3.25. The molecule has 0 spiro atoms. The average molecular weight is 410 g/mol. The van der Waals surface area contributed by atoms with Gasteiger partial charge in [-0.15, -0.1) is 0 Å². The molecule has 0 bridgehead atoms. The van der Waals surface area contributed by atoms with Gasteiger partial charge in [0.05, 0.1) is 12.8 Å². The molecule has 0 atom stereocenters. The monoisotopic (exact) mass is 409 g/mol. The zero-order valence-corrected chi connectivity index (χ0v) is 15.8. The minimum absolute atomic E-state index is 0.125. The molecule has 0 fully saturated rings. The van der Waals surface area contributed by atoms with E-state index < -0.39 is 30.9 Å². The normalized spacial score (nSPS) is 10.1. The van der Waals surface area contributed by atoms with Gasteiger partial charge in [0.25, 0.3) is 5.91 Å². The quantitative estimate of drug-likeness (QED) is 0.531. The number of benzene rings is 2. The zero-order chi connectivity index (χ0) is 20.7. The van der Waals surface area contributed by atoms with Crippen molar-refractivity contribution in [2.24, 2.45) is 0 Å². The molecular weight excluding hydrogens is 393 g/mol. The molecule has 0 heterocycles. The Kier molecular flexibility index (Phi) is 7.34. The molecule has 9 heteroatoms. The van der Waals surface area contributed by atoms with Crippen LogP contribution in [0.4, 0.5) is 10.1 Å². The number of hydrogen-bond donors (Lipinski definition) is 1. The summed E-state index contributed by atoms with van der Waals surface area (Å²) in [7, 11) is 1.39. The lowest BCUT2D eigenvalue weighted by Gasteiger charge is -2.11. The van der Waals surface area contributed by atoms with E-state index in [1.807, 2.05) is 0 Å². The fourth-order valence-electron chi connectivity index (χ4n) is 2.11. The molecule has 1 amide bonds. The van der Waals surface area contributed by atoms with E-state index in [1.54, 1.807) is 0 Å². The van der Waals surface area contributed by atoms with Crippen LogP contribution in [0.15, 0.2) is 36.4 Å². The van der Waals surface area contributed by atoms with E-state index in [-0.39, 0.29) is 28.0 Å². The molecule has 0 saturated heterocycles. The molecule has 7 nitrogen and oxygen atoms in total. The summed E-state index contributed by atoms with van der Waals surface area (Å²) >= 11 is 5.73. The lowest BCUT2D eigenvalue weighted by Crippen LogP contribution is -2.24. The number of carbonyl (C=O) groups is 3. The van der Waals surface area contributed by atoms with Gasteiger partial charge in [0, 0.05) is 10.6 Å². The summed E-state index contributed by atoms with van der Waals surface area (Å²) in [5.41, 5.74) is 0.303. The average Bonchev–Trinajstić information content (AvgIpc) is 2.67. The largest absolute Gasteiger partial charge is 0.493 e. The molecule has 0 aliphatic heterocycles. The Balaban J connectivity index is 1.85. The summed E-state index contributed by atoms with van der Waals surface area (Å²) in [6.45, 7) is 0.288. The molecule has 0 unspecified atom stereocenters. The number of halogens is 2. The van der Waals surface area contributed by atoms with Crippen LogP contribution in [0.1, 0.15) is 17.3 Å². The highest BCUT2D eigenvalue weighted by molar-refractivity contribution is 6.30. The van der Waals surface area contributed by atoms with Gasteiger partial charge in [-0.05, 0) is 43.3 Å². The van der Waals surface area contributed by atoms with Crippen molar-refractivity contribution in [1.29, 1.82) is 0 Å². The maximum absolute atomic E-state index is 13.6. The van der Waals surface area contributed by atoms with E-state index in [0.717, 1.165) is 6.07 Å². The summed E-state index contributed by atoms with van der Waals surface area (Å²) in [6.07, 6.45) is 0. The molecule has 1 N–H and O–H groups in total. The van der Waals surface area contributed by atoms with Gasteiger partial charge in [-0.2, -0.15) is 0 Å². The van der Waals surface area contributed by atoms with Gasteiger partial charge in [-0.1, -0.05) is 11.6 Å². The summed E-state index contributed by atoms with van der Waals surface area (Å²) in [5.74, 6) is -1.87. The number of esters is 1. The number of Topliss-reactive ketones (excluding diaryl/α,β-unsaturated/α-hetero) is 1. The highest BCUT2D eigenvalue weighted by Crippen LogP contribution is 2.28. The summed E-state index contributed by atoms with van der Waals surface area (Å²) in [4.78, 5) is 34.9. The lowest BCUT2D eigenvalue weighted by atomic mass is 10.1. The molecule has 148 valence electrons. The number of ketones is 1. The molecule has 2 rings (SSSR count). The van der Waals surface area contributed by atoms with E-state index in [2.05, 4.69) is 5.32 Å². The first kappa shape index (κ1) is 21.2. The Hall–Kier alpha value is -3.13. The maximum atomic E-state index is 13.6. The van der Waals surface area contributed by atoms with Crippen molar-refractivity contribution < 1.29 is 33.0 Å². The van der Waals surface area contributed by atoms with E-state index in [9.17, 15) is 18.8 Å². The molecule has 2 aromatic rings. The first-order valence-electron chi connectivity index (χ1n) is 8.02. The molecule has 2 aromatic carbocycles. The third-order valence-electron chi connectivity index (χ3n) is 3.48. The van der Waals surface area contributed by atoms with E-state index in [0.29, 0.717) is 5.56 Å². The first-order chi connectivity index (χ1) is 13.3. The number of rotatable bonds is 8. The van der Waals surface area contributed by atoms with Crippen molar-refractivity contribution >= 4 is 34.9 Å². The van der Waals surface area contributed by atoms with Crippen LogP contribution in [-0.2, 0) is 14.3 Å². The van der Waals surface area contributed by atoms with Crippen LogP contribution >= 0.6 is 11.6 Å². The molecular formula is C19H17ClFNO6. The number of carbonyl (C=O) groups excluding carboxylic acids is 3. The number of anilines is 1. The fourth-order valence-corrected chi connectivity index (χ4v) is 2.28. The first-order valence-corrected chi connectivity index (χ1v) is 8.40. The van der Waals surface area contributed by atoms with Crippen LogP contribution in [0.2, 0.25) is 5.02 Å². The van der Waals surface area contributed by atoms with Crippen molar-refractivity contribution in [2.75, 3.05) is 25.6 Å². The zero-order valence-electron chi connectivity index (χ0n) is 15.1. The third kappa shape index (κ3) is 5.95. The van der Waals surface area contributed by atoms with Crippen molar-refractivity contribution in [2.45, 2.75) is 6.92 Å². The van der Waals surface area contributed by atoms with Gasteiger partial charge >= 0.3 is 5.97 Å². The maximum Gasteiger partial charge on any atom is 0.344 e. The van der Waals surface area contributed by atoms with Crippen molar-refractivity contribution in [3.63, 3.8) is 0 Å². The van der Waals surface area contributed by atoms with Crippen LogP contribution in [0.3, 0.4) is 0 Å². The molecule has 0 aliphatic rings. The Labute approximate surface area is 165 Å². The lowest BCUT2D eigenvalue weighted by molar-refractivity contribution is -0.149. The van der Waals surface area contributed by atoms with E-state index in [1.165, 1.54) is 44.4 Å². The highest BCUT2D eigenvalue weighted by atomic mass is 35.5. The summed E-state index contributed by atoms with van der Waals surface area (Å²) in [6, 6.07) is 8.16. The second-order valence-corrected chi connectivity index (χ2v) is 5.98. The highest BCUT2D eigenvalue weighted by Gasteiger charge is 2.13. The predicted molar refractivity (Wildman–Crippen MR) is 99.5 cm³/mol. The van der Waals surface area contributed by atoms with Crippen molar-refractivity contribution in [1.82, 2.24) is 0 Å². The molecule has 0 radical (unpaired) electrons.